The number of likely N-dealkylation sites (N-methyl/N-ethyl adjacent to an activating group) is 1. The lowest BCUT2D eigenvalue weighted by atomic mass is 10.1. The van der Waals surface area contributed by atoms with Crippen LogP contribution in [-0.4, -0.2) is 69.3 Å². The molecule has 0 radical (unpaired) electrons. The Morgan fingerprint density at radius 2 is 1.83 bits per heavy atom. The van der Waals surface area contributed by atoms with Gasteiger partial charge in [0.1, 0.15) is 0 Å². The summed E-state index contributed by atoms with van der Waals surface area (Å²) in [5.74, 6) is -0.182. The maximum absolute atomic E-state index is 13.3. The molecule has 1 aromatic carbocycles. The van der Waals surface area contributed by atoms with Gasteiger partial charge in [0.25, 0.3) is 5.91 Å². The van der Waals surface area contributed by atoms with Gasteiger partial charge in [-0.1, -0.05) is 6.07 Å². The maximum atomic E-state index is 13.3. The highest BCUT2D eigenvalue weighted by Gasteiger charge is 2.26. The molecule has 1 aliphatic rings. The molecule has 1 amide bonds. The van der Waals surface area contributed by atoms with Crippen LogP contribution in [0, 0.1) is 0 Å². The van der Waals surface area contributed by atoms with E-state index in [1.807, 2.05) is 18.2 Å². The van der Waals surface area contributed by atoms with Crippen LogP contribution in [0.2, 0.25) is 0 Å². The van der Waals surface area contributed by atoms with E-state index in [-0.39, 0.29) is 10.8 Å². The molecule has 1 aliphatic heterocycles. The van der Waals surface area contributed by atoms with Crippen LogP contribution < -0.4 is 4.90 Å². The fraction of sp³-hybridized carbons (Fsp3) is 0.429. The number of hydrogen-bond acceptors (Lipinski definition) is 5. The number of pyridine rings is 1. The van der Waals surface area contributed by atoms with E-state index in [0.717, 1.165) is 41.6 Å². The molecule has 156 valence electrons. The minimum atomic E-state index is -3.62. The lowest BCUT2D eigenvalue weighted by molar-refractivity contribution is 0.0796. The van der Waals surface area contributed by atoms with Crippen molar-refractivity contribution in [2.75, 3.05) is 45.7 Å². The molecule has 7 nitrogen and oxygen atoms in total. The standard InChI is InChI=1S/C21H28N4O3S/c1-23(2)29(27,28)18-9-10-20(25-13-6-7-14-25)19(16-18)21(26)24(3)15-11-17-8-4-5-12-22-17/h4-5,8-10,12,16H,6-7,11,13-15H2,1-3H3. The van der Waals surface area contributed by atoms with Crippen LogP contribution in [0.4, 0.5) is 5.69 Å². The van der Waals surface area contributed by atoms with Gasteiger partial charge in [0.05, 0.1) is 10.5 Å². The number of anilines is 1. The lowest BCUT2D eigenvalue weighted by Gasteiger charge is -2.25. The Hall–Kier alpha value is -2.45. The smallest absolute Gasteiger partial charge is 0.255 e. The molecule has 2 aromatic rings. The van der Waals surface area contributed by atoms with Gasteiger partial charge >= 0.3 is 0 Å². The van der Waals surface area contributed by atoms with E-state index in [9.17, 15) is 13.2 Å². The largest absolute Gasteiger partial charge is 0.371 e. The van der Waals surface area contributed by atoms with Gasteiger partial charge in [0, 0.05) is 64.8 Å². The fourth-order valence-electron chi connectivity index (χ4n) is 3.43. The van der Waals surface area contributed by atoms with Gasteiger partial charge in [-0.3, -0.25) is 9.78 Å². The first-order valence-electron chi connectivity index (χ1n) is 9.77. The summed E-state index contributed by atoms with van der Waals surface area (Å²) in [5.41, 5.74) is 2.14. The first kappa shape index (κ1) is 21.3. The molecule has 0 aliphatic carbocycles. The number of carbonyl (C=O) groups excluding carboxylic acids is 1. The van der Waals surface area contributed by atoms with Crippen molar-refractivity contribution in [2.24, 2.45) is 0 Å². The first-order valence-corrected chi connectivity index (χ1v) is 11.2. The van der Waals surface area contributed by atoms with E-state index < -0.39 is 10.0 Å². The number of aromatic nitrogens is 1. The van der Waals surface area contributed by atoms with Crippen LogP contribution in [0.15, 0.2) is 47.5 Å². The Morgan fingerprint density at radius 3 is 2.45 bits per heavy atom. The van der Waals surface area contributed by atoms with E-state index in [4.69, 9.17) is 0 Å². The average molecular weight is 417 g/mol. The van der Waals surface area contributed by atoms with Gasteiger partial charge < -0.3 is 9.80 Å². The van der Waals surface area contributed by atoms with Crippen molar-refractivity contribution < 1.29 is 13.2 Å². The molecule has 1 aromatic heterocycles. The lowest BCUT2D eigenvalue weighted by Crippen LogP contribution is -2.32. The van der Waals surface area contributed by atoms with Gasteiger partial charge in [-0.05, 0) is 43.2 Å². The predicted molar refractivity (Wildman–Crippen MR) is 114 cm³/mol. The highest BCUT2D eigenvalue weighted by atomic mass is 32.2. The highest BCUT2D eigenvalue weighted by Crippen LogP contribution is 2.29. The molecule has 1 fully saturated rings. The number of sulfonamides is 1. The monoisotopic (exact) mass is 416 g/mol. The summed E-state index contributed by atoms with van der Waals surface area (Å²) in [6.45, 7) is 2.25. The van der Waals surface area contributed by atoms with Crippen molar-refractivity contribution in [2.45, 2.75) is 24.2 Å². The SMILES string of the molecule is CN(CCc1ccccn1)C(=O)c1cc(S(=O)(=O)N(C)C)ccc1N1CCCC1. The van der Waals surface area contributed by atoms with Gasteiger partial charge in [0.2, 0.25) is 10.0 Å². The zero-order valence-electron chi connectivity index (χ0n) is 17.2. The fourth-order valence-corrected chi connectivity index (χ4v) is 4.36. The summed E-state index contributed by atoms with van der Waals surface area (Å²) in [7, 11) is 1.10. The molecule has 8 heteroatoms. The number of hydrogen-bond donors (Lipinski definition) is 0. The molecular weight excluding hydrogens is 388 g/mol. The van der Waals surface area contributed by atoms with Crippen LogP contribution in [0.1, 0.15) is 28.9 Å². The second-order valence-electron chi connectivity index (χ2n) is 7.46. The minimum Gasteiger partial charge on any atom is -0.371 e. The van der Waals surface area contributed by atoms with Crippen molar-refractivity contribution in [3.8, 4) is 0 Å². The van der Waals surface area contributed by atoms with Crippen LogP contribution in [0.5, 0.6) is 0 Å². The molecule has 0 N–H and O–H groups in total. The van der Waals surface area contributed by atoms with Gasteiger partial charge in [0.15, 0.2) is 0 Å². The minimum absolute atomic E-state index is 0.131. The number of carbonyl (C=O) groups is 1. The van der Waals surface area contributed by atoms with Gasteiger partial charge in [-0.15, -0.1) is 0 Å². The topological polar surface area (TPSA) is 73.8 Å². The number of benzene rings is 1. The summed E-state index contributed by atoms with van der Waals surface area (Å²) in [6, 6.07) is 10.6. The Bertz CT molecular complexity index is 955. The van der Waals surface area contributed by atoms with Crippen LogP contribution in [0.25, 0.3) is 0 Å². The third-order valence-electron chi connectivity index (χ3n) is 5.20. The van der Waals surface area contributed by atoms with Crippen LogP contribution >= 0.6 is 0 Å². The van der Waals surface area contributed by atoms with Crippen molar-refractivity contribution in [3.05, 3.63) is 53.9 Å². The first-order chi connectivity index (χ1) is 13.8. The Balaban J connectivity index is 1.90. The van der Waals surface area contributed by atoms with Crippen molar-refractivity contribution in [3.63, 3.8) is 0 Å². The summed E-state index contributed by atoms with van der Waals surface area (Å²) in [5, 5.41) is 0. The molecule has 2 heterocycles. The van der Waals surface area contributed by atoms with Crippen LogP contribution in [0.3, 0.4) is 0 Å². The van der Waals surface area contributed by atoms with Gasteiger partial charge in [-0.2, -0.15) is 0 Å². The number of rotatable bonds is 7. The summed E-state index contributed by atoms with van der Waals surface area (Å²) >= 11 is 0. The van der Waals surface area contributed by atoms with Crippen molar-refractivity contribution >= 4 is 21.6 Å². The number of nitrogens with zero attached hydrogens (tertiary/aromatic N) is 4. The Morgan fingerprint density at radius 1 is 1.10 bits per heavy atom. The molecule has 0 saturated carbocycles. The molecule has 3 rings (SSSR count). The molecule has 29 heavy (non-hydrogen) atoms. The molecule has 0 spiro atoms. The predicted octanol–water partition coefficient (Wildman–Crippen LogP) is 2.25. The average Bonchev–Trinajstić information content (AvgIpc) is 3.26. The Kier molecular flexibility index (Phi) is 6.54. The number of amides is 1. The highest BCUT2D eigenvalue weighted by molar-refractivity contribution is 7.89. The molecule has 0 unspecified atom stereocenters. The van der Waals surface area contributed by atoms with E-state index in [1.54, 1.807) is 30.3 Å². The maximum Gasteiger partial charge on any atom is 0.255 e. The Labute approximate surface area is 173 Å². The zero-order valence-corrected chi connectivity index (χ0v) is 18.0. The third-order valence-corrected chi connectivity index (χ3v) is 7.01. The molecule has 1 saturated heterocycles. The summed E-state index contributed by atoms with van der Waals surface area (Å²) < 4.78 is 26.4. The molecule has 0 bridgehead atoms. The summed E-state index contributed by atoms with van der Waals surface area (Å²) in [4.78, 5) is 21.5. The second kappa shape index (κ2) is 8.92. The zero-order chi connectivity index (χ0) is 21.0. The second-order valence-corrected chi connectivity index (χ2v) is 9.61. The van der Waals surface area contributed by atoms with E-state index in [0.29, 0.717) is 18.5 Å². The van der Waals surface area contributed by atoms with Crippen LogP contribution in [-0.2, 0) is 16.4 Å². The third kappa shape index (κ3) is 4.76. The normalized spacial score (nSPS) is 14.4. The van der Waals surface area contributed by atoms with Gasteiger partial charge in [-0.25, -0.2) is 12.7 Å². The summed E-state index contributed by atoms with van der Waals surface area (Å²) in [6.07, 6.45) is 4.51. The van der Waals surface area contributed by atoms with E-state index >= 15 is 0 Å². The van der Waals surface area contributed by atoms with Crippen molar-refractivity contribution in [1.29, 1.82) is 0 Å². The van der Waals surface area contributed by atoms with E-state index in [1.165, 1.54) is 20.2 Å². The quantitative estimate of drug-likeness (QED) is 0.692. The van der Waals surface area contributed by atoms with Crippen molar-refractivity contribution in [1.82, 2.24) is 14.2 Å². The van der Waals surface area contributed by atoms with E-state index in [2.05, 4.69) is 9.88 Å². The molecule has 0 atom stereocenters. The molecular formula is C21H28N4O3S.